The number of amides is 2. The van der Waals surface area contributed by atoms with Gasteiger partial charge in [-0.3, -0.25) is 9.59 Å². The van der Waals surface area contributed by atoms with Crippen molar-refractivity contribution in [1.29, 1.82) is 0 Å². The van der Waals surface area contributed by atoms with E-state index in [0.717, 1.165) is 11.8 Å². The summed E-state index contributed by atoms with van der Waals surface area (Å²) in [6.07, 6.45) is -3.36. The van der Waals surface area contributed by atoms with Crippen LogP contribution < -0.4 is 10.1 Å². The number of halogens is 4. The normalized spacial score (nSPS) is 11.1. The molecule has 2 amide bonds. The smallest absolute Gasteiger partial charge is 0.422 e. The van der Waals surface area contributed by atoms with Gasteiger partial charge in [0.1, 0.15) is 0 Å². The average molecular weight is 430 g/mol. The summed E-state index contributed by atoms with van der Waals surface area (Å²) in [4.78, 5) is 29.7. The molecule has 0 radical (unpaired) electrons. The molecule has 1 aromatic heterocycles. The van der Waals surface area contributed by atoms with E-state index in [1.807, 2.05) is 0 Å². The van der Waals surface area contributed by atoms with Crippen LogP contribution in [0.2, 0.25) is 5.02 Å². The average Bonchev–Trinajstić information content (AvgIpc) is 2.69. The first-order chi connectivity index (χ1) is 13.7. The van der Waals surface area contributed by atoms with Gasteiger partial charge in [-0.25, -0.2) is 4.98 Å². The number of pyridine rings is 1. The number of nitrogens with zero attached hydrogens (tertiary/aromatic N) is 2. The molecule has 1 aromatic carbocycles. The molecule has 0 fully saturated rings. The molecule has 0 unspecified atom stereocenters. The minimum Gasteiger partial charge on any atom is -0.468 e. The van der Waals surface area contributed by atoms with Crippen LogP contribution in [0.5, 0.6) is 5.88 Å². The van der Waals surface area contributed by atoms with Crippen LogP contribution in [-0.4, -0.2) is 47.6 Å². The summed E-state index contributed by atoms with van der Waals surface area (Å²) < 4.78 is 41.0. The Hall–Kier alpha value is -2.81. The Morgan fingerprint density at radius 2 is 1.86 bits per heavy atom. The molecule has 0 spiro atoms. The third-order valence-electron chi connectivity index (χ3n) is 3.77. The molecule has 29 heavy (non-hydrogen) atoms. The molecule has 0 aliphatic heterocycles. The molecule has 2 aromatic rings. The van der Waals surface area contributed by atoms with Crippen molar-refractivity contribution in [3.05, 3.63) is 58.7 Å². The Morgan fingerprint density at radius 1 is 1.17 bits per heavy atom. The van der Waals surface area contributed by atoms with Gasteiger partial charge in [-0.2, -0.15) is 13.2 Å². The van der Waals surface area contributed by atoms with E-state index < -0.39 is 18.7 Å². The van der Waals surface area contributed by atoms with Gasteiger partial charge < -0.3 is 15.0 Å². The number of hydrogen-bond donors (Lipinski definition) is 1. The molecule has 10 heteroatoms. The SMILES string of the molecule is CCN(CC(=O)NCc1ccc(Cl)cc1)C(=O)c1ccc(OCC(F)(F)F)nc1. The fourth-order valence-corrected chi connectivity index (χ4v) is 2.42. The van der Waals surface area contributed by atoms with Gasteiger partial charge in [0, 0.05) is 30.4 Å². The van der Waals surface area contributed by atoms with Crippen molar-refractivity contribution in [2.45, 2.75) is 19.6 Å². The zero-order valence-electron chi connectivity index (χ0n) is 15.5. The molecule has 0 saturated carbocycles. The lowest BCUT2D eigenvalue weighted by Gasteiger charge is -2.20. The monoisotopic (exact) mass is 429 g/mol. The highest BCUT2D eigenvalue weighted by molar-refractivity contribution is 6.30. The molecule has 0 atom stereocenters. The van der Waals surface area contributed by atoms with Crippen molar-refractivity contribution in [1.82, 2.24) is 15.2 Å². The van der Waals surface area contributed by atoms with Gasteiger partial charge in [0.15, 0.2) is 6.61 Å². The van der Waals surface area contributed by atoms with Crippen LogP contribution in [0.4, 0.5) is 13.2 Å². The van der Waals surface area contributed by atoms with Crippen LogP contribution >= 0.6 is 11.6 Å². The predicted molar refractivity (Wildman–Crippen MR) is 101 cm³/mol. The molecule has 0 bridgehead atoms. The van der Waals surface area contributed by atoms with Crippen LogP contribution in [0.3, 0.4) is 0 Å². The van der Waals surface area contributed by atoms with E-state index in [4.69, 9.17) is 11.6 Å². The molecule has 0 saturated heterocycles. The first kappa shape index (κ1) is 22.5. The maximum absolute atomic E-state index is 12.5. The highest BCUT2D eigenvalue weighted by atomic mass is 35.5. The lowest BCUT2D eigenvalue weighted by Crippen LogP contribution is -2.40. The van der Waals surface area contributed by atoms with Crippen LogP contribution in [0.25, 0.3) is 0 Å². The van der Waals surface area contributed by atoms with Crippen LogP contribution in [-0.2, 0) is 11.3 Å². The van der Waals surface area contributed by atoms with E-state index in [1.54, 1.807) is 31.2 Å². The molecule has 0 aliphatic rings. The second kappa shape index (κ2) is 10.1. The van der Waals surface area contributed by atoms with E-state index in [-0.39, 0.29) is 37.0 Å². The summed E-state index contributed by atoms with van der Waals surface area (Å²) >= 11 is 5.81. The maximum Gasteiger partial charge on any atom is 0.422 e. The van der Waals surface area contributed by atoms with Crippen molar-refractivity contribution in [2.24, 2.45) is 0 Å². The Kier molecular flexibility index (Phi) is 7.83. The van der Waals surface area contributed by atoms with Crippen molar-refractivity contribution in [3.63, 3.8) is 0 Å². The molecule has 2 rings (SSSR count). The molecule has 156 valence electrons. The van der Waals surface area contributed by atoms with Gasteiger partial charge in [0.2, 0.25) is 11.8 Å². The van der Waals surface area contributed by atoms with E-state index >= 15 is 0 Å². The minimum atomic E-state index is -4.48. The third kappa shape index (κ3) is 7.61. The Balaban J connectivity index is 1.90. The number of carbonyl (C=O) groups is 2. The fraction of sp³-hybridized carbons (Fsp3) is 0.316. The molecule has 0 aliphatic carbocycles. The van der Waals surface area contributed by atoms with Crippen molar-refractivity contribution >= 4 is 23.4 Å². The fourth-order valence-electron chi connectivity index (χ4n) is 2.29. The van der Waals surface area contributed by atoms with Gasteiger partial charge in [0.25, 0.3) is 5.91 Å². The lowest BCUT2D eigenvalue weighted by atomic mass is 10.2. The summed E-state index contributed by atoms with van der Waals surface area (Å²) in [6.45, 7) is 0.615. The van der Waals surface area contributed by atoms with E-state index in [1.165, 1.54) is 17.0 Å². The number of benzene rings is 1. The number of ether oxygens (including phenoxy) is 1. The predicted octanol–water partition coefficient (Wildman–Crippen LogP) is 3.45. The van der Waals surface area contributed by atoms with Crippen LogP contribution in [0.15, 0.2) is 42.6 Å². The molecular formula is C19H19ClF3N3O3. The summed E-state index contributed by atoms with van der Waals surface area (Å²) in [5.41, 5.74) is 0.993. The number of alkyl halides is 3. The number of likely N-dealkylation sites (N-methyl/N-ethyl adjacent to an activating group) is 1. The first-order valence-corrected chi connectivity index (χ1v) is 9.01. The van der Waals surface area contributed by atoms with Gasteiger partial charge in [-0.15, -0.1) is 0 Å². The van der Waals surface area contributed by atoms with Crippen molar-refractivity contribution < 1.29 is 27.5 Å². The zero-order valence-corrected chi connectivity index (χ0v) is 16.3. The van der Waals surface area contributed by atoms with Gasteiger partial charge in [-0.1, -0.05) is 23.7 Å². The largest absolute Gasteiger partial charge is 0.468 e. The highest BCUT2D eigenvalue weighted by Gasteiger charge is 2.28. The molecule has 1 N–H and O–H groups in total. The summed E-state index contributed by atoms with van der Waals surface area (Å²) in [5, 5.41) is 3.30. The van der Waals surface area contributed by atoms with Gasteiger partial charge in [-0.05, 0) is 30.7 Å². The molecular weight excluding hydrogens is 411 g/mol. The number of nitrogens with one attached hydrogen (secondary N) is 1. The van der Waals surface area contributed by atoms with Crippen LogP contribution in [0.1, 0.15) is 22.8 Å². The summed E-state index contributed by atoms with van der Waals surface area (Å²) in [5.74, 6) is -1.07. The Morgan fingerprint density at radius 3 is 2.41 bits per heavy atom. The third-order valence-corrected chi connectivity index (χ3v) is 4.03. The van der Waals surface area contributed by atoms with E-state index in [9.17, 15) is 22.8 Å². The lowest BCUT2D eigenvalue weighted by molar-refractivity contribution is -0.154. The van der Waals surface area contributed by atoms with E-state index in [2.05, 4.69) is 15.0 Å². The van der Waals surface area contributed by atoms with Gasteiger partial charge in [0.05, 0.1) is 12.1 Å². The quantitative estimate of drug-likeness (QED) is 0.697. The van der Waals surface area contributed by atoms with Crippen molar-refractivity contribution in [2.75, 3.05) is 19.7 Å². The maximum atomic E-state index is 12.5. The second-order valence-corrected chi connectivity index (χ2v) is 6.45. The van der Waals surface area contributed by atoms with Crippen molar-refractivity contribution in [3.8, 4) is 5.88 Å². The first-order valence-electron chi connectivity index (χ1n) is 8.64. The minimum absolute atomic E-state index is 0.136. The number of rotatable bonds is 8. The number of hydrogen-bond acceptors (Lipinski definition) is 4. The standard InChI is InChI=1S/C19H19ClF3N3O3/c1-2-26(11-16(27)24-9-13-3-6-15(20)7-4-13)18(28)14-5-8-17(25-10-14)29-12-19(21,22)23/h3-8,10H,2,9,11-12H2,1H3,(H,24,27). The number of carbonyl (C=O) groups excluding carboxylic acids is 2. The van der Waals surface area contributed by atoms with E-state index in [0.29, 0.717) is 5.02 Å². The number of aromatic nitrogens is 1. The molecule has 1 heterocycles. The summed E-state index contributed by atoms with van der Waals surface area (Å²) in [7, 11) is 0. The van der Waals surface area contributed by atoms with Gasteiger partial charge >= 0.3 is 6.18 Å². The zero-order chi connectivity index (χ0) is 21.4. The van der Waals surface area contributed by atoms with Crippen LogP contribution in [0, 0.1) is 0 Å². The second-order valence-electron chi connectivity index (χ2n) is 6.01. The molecule has 6 nitrogen and oxygen atoms in total. The summed E-state index contributed by atoms with van der Waals surface area (Å²) in [6, 6.07) is 9.45. The topological polar surface area (TPSA) is 71.5 Å². The highest BCUT2D eigenvalue weighted by Crippen LogP contribution is 2.17. The Labute approximate surface area is 170 Å². The Bertz CT molecular complexity index is 827.